The Morgan fingerprint density at radius 1 is 1.06 bits per heavy atom. The molecule has 1 N–H and O–H groups in total. The summed E-state index contributed by atoms with van der Waals surface area (Å²) in [6.07, 6.45) is 0. The van der Waals surface area contributed by atoms with E-state index in [9.17, 15) is 0 Å². The highest BCUT2D eigenvalue weighted by Crippen LogP contribution is 2.25. The lowest BCUT2D eigenvalue weighted by Crippen LogP contribution is -2.16. The van der Waals surface area contributed by atoms with Gasteiger partial charge in [-0.25, -0.2) is 0 Å². The van der Waals surface area contributed by atoms with Crippen LogP contribution in [0.3, 0.4) is 0 Å². The monoisotopic (exact) mass is 256 g/mol. The van der Waals surface area contributed by atoms with E-state index in [0.29, 0.717) is 0 Å². The van der Waals surface area contributed by atoms with Crippen molar-refractivity contribution in [3.63, 3.8) is 0 Å². The fraction of sp³-hybridized carbons (Fsp3) is 0.200. The van der Waals surface area contributed by atoms with Crippen molar-refractivity contribution < 1.29 is 0 Å². The smallest absolute Gasteiger partial charge is 0.0578 e. The Balaban J connectivity index is 1.85. The molecule has 1 aromatic carbocycles. The second-order valence-corrected chi connectivity index (χ2v) is 5.45. The molecule has 0 amide bonds. The molecule has 0 spiro atoms. The largest absolute Gasteiger partial charge is 0.321 e. The highest BCUT2D eigenvalue weighted by Gasteiger charge is 2.04. The molecule has 3 heteroatoms. The first-order valence-electron chi connectivity index (χ1n) is 6.09. The number of nitrogens with zero attached hydrogens (tertiary/aromatic N) is 1. The van der Waals surface area contributed by atoms with E-state index in [4.69, 9.17) is 0 Å². The Bertz CT molecular complexity index is 659. The van der Waals surface area contributed by atoms with Gasteiger partial charge in [0.1, 0.15) is 0 Å². The van der Waals surface area contributed by atoms with Crippen LogP contribution in [0.2, 0.25) is 0 Å². The molecule has 0 saturated heterocycles. The maximum Gasteiger partial charge on any atom is 0.0578 e. The zero-order chi connectivity index (χ0) is 12.5. The van der Waals surface area contributed by atoms with Gasteiger partial charge in [0.05, 0.1) is 6.54 Å². The summed E-state index contributed by atoms with van der Waals surface area (Å²) in [5.41, 5.74) is 7.33. The second kappa shape index (κ2) is 4.50. The molecule has 18 heavy (non-hydrogen) atoms. The van der Waals surface area contributed by atoms with E-state index in [0.717, 1.165) is 6.54 Å². The number of rotatable bonds is 3. The van der Waals surface area contributed by atoms with Gasteiger partial charge >= 0.3 is 0 Å². The predicted octanol–water partition coefficient (Wildman–Crippen LogP) is 4.06. The lowest BCUT2D eigenvalue weighted by atomic mass is 10.2. The van der Waals surface area contributed by atoms with E-state index in [2.05, 4.69) is 65.7 Å². The van der Waals surface area contributed by atoms with Crippen molar-refractivity contribution in [2.45, 2.75) is 20.4 Å². The molecular weight excluding hydrogens is 240 g/mol. The van der Waals surface area contributed by atoms with Crippen LogP contribution in [0.1, 0.15) is 17.0 Å². The second-order valence-electron chi connectivity index (χ2n) is 4.54. The quantitative estimate of drug-likeness (QED) is 0.747. The topological polar surface area (TPSA) is 17.0 Å². The van der Waals surface area contributed by atoms with Crippen LogP contribution in [0, 0.1) is 13.8 Å². The molecule has 92 valence electrons. The minimum Gasteiger partial charge on any atom is -0.321 e. The van der Waals surface area contributed by atoms with Crippen molar-refractivity contribution in [2.75, 3.05) is 5.43 Å². The molecule has 2 nitrogen and oxygen atoms in total. The Morgan fingerprint density at radius 3 is 2.56 bits per heavy atom. The minimum atomic E-state index is 0.861. The van der Waals surface area contributed by atoms with E-state index in [1.807, 2.05) is 11.3 Å². The lowest BCUT2D eigenvalue weighted by Gasteiger charge is -2.12. The molecule has 0 radical (unpaired) electrons. The summed E-state index contributed by atoms with van der Waals surface area (Å²) in [6, 6.07) is 12.8. The van der Waals surface area contributed by atoms with E-state index in [1.54, 1.807) is 0 Å². The molecule has 2 heterocycles. The Labute approximate surface area is 111 Å². The number of hydrogen-bond donors (Lipinski definition) is 1. The summed E-state index contributed by atoms with van der Waals surface area (Å²) in [5, 5.41) is 3.60. The third-order valence-electron chi connectivity index (χ3n) is 3.26. The van der Waals surface area contributed by atoms with Gasteiger partial charge in [0, 0.05) is 16.1 Å². The van der Waals surface area contributed by atoms with Gasteiger partial charge < -0.3 is 5.43 Å². The minimum absolute atomic E-state index is 0.861. The predicted molar refractivity (Wildman–Crippen MR) is 78.8 cm³/mol. The van der Waals surface area contributed by atoms with Gasteiger partial charge in [-0.1, -0.05) is 18.2 Å². The molecular formula is C15H16N2S. The fourth-order valence-electron chi connectivity index (χ4n) is 2.25. The summed E-state index contributed by atoms with van der Waals surface area (Å²) in [7, 11) is 0. The standard InChI is InChI=1S/C15H16N2S/c1-11-7-8-12(2)17(11)16-9-13-10-18-15-6-4-3-5-14(13)15/h3-8,10,16H,9H2,1-2H3. The van der Waals surface area contributed by atoms with Gasteiger partial charge in [0.15, 0.2) is 0 Å². The average molecular weight is 256 g/mol. The molecule has 3 aromatic rings. The summed E-state index contributed by atoms with van der Waals surface area (Å²) in [4.78, 5) is 0. The highest BCUT2D eigenvalue weighted by molar-refractivity contribution is 7.17. The fourth-order valence-corrected chi connectivity index (χ4v) is 3.21. The zero-order valence-corrected chi connectivity index (χ0v) is 11.4. The molecule has 0 saturated carbocycles. The number of benzene rings is 1. The van der Waals surface area contributed by atoms with Crippen molar-refractivity contribution in [1.82, 2.24) is 4.68 Å². The van der Waals surface area contributed by atoms with Gasteiger partial charge in [0.25, 0.3) is 0 Å². The first kappa shape index (κ1) is 11.4. The average Bonchev–Trinajstić information content (AvgIpc) is 2.93. The maximum absolute atomic E-state index is 3.48. The Kier molecular flexibility index (Phi) is 2.84. The third kappa shape index (κ3) is 1.91. The first-order valence-corrected chi connectivity index (χ1v) is 6.97. The summed E-state index contributed by atoms with van der Waals surface area (Å²) in [5.74, 6) is 0. The van der Waals surface area contributed by atoms with Gasteiger partial charge in [-0.05, 0) is 48.4 Å². The van der Waals surface area contributed by atoms with Crippen molar-refractivity contribution in [1.29, 1.82) is 0 Å². The van der Waals surface area contributed by atoms with E-state index in [1.165, 1.54) is 27.0 Å². The van der Waals surface area contributed by atoms with Gasteiger partial charge in [-0.15, -0.1) is 11.3 Å². The van der Waals surface area contributed by atoms with Crippen LogP contribution in [0.15, 0.2) is 41.8 Å². The molecule has 2 aromatic heterocycles. The maximum atomic E-state index is 3.48. The first-order chi connectivity index (χ1) is 8.75. The molecule has 0 fully saturated rings. The van der Waals surface area contributed by atoms with Crippen molar-refractivity contribution in [2.24, 2.45) is 0 Å². The summed E-state index contributed by atoms with van der Waals surface area (Å²) < 4.78 is 3.50. The molecule has 3 rings (SSSR count). The van der Waals surface area contributed by atoms with Crippen LogP contribution in [-0.2, 0) is 6.54 Å². The zero-order valence-electron chi connectivity index (χ0n) is 10.6. The summed E-state index contributed by atoms with van der Waals surface area (Å²) >= 11 is 1.81. The number of fused-ring (bicyclic) bond motifs is 1. The van der Waals surface area contributed by atoms with Gasteiger partial charge in [-0.3, -0.25) is 4.68 Å². The molecule has 0 aliphatic rings. The van der Waals surface area contributed by atoms with Crippen LogP contribution < -0.4 is 5.43 Å². The SMILES string of the molecule is Cc1ccc(C)n1NCc1csc2ccccc12. The molecule has 0 aliphatic carbocycles. The van der Waals surface area contributed by atoms with Crippen molar-refractivity contribution in [3.8, 4) is 0 Å². The number of aryl methyl sites for hydroxylation is 2. The van der Waals surface area contributed by atoms with Crippen LogP contribution in [-0.4, -0.2) is 4.68 Å². The van der Waals surface area contributed by atoms with E-state index < -0.39 is 0 Å². The normalized spacial score (nSPS) is 11.0. The van der Waals surface area contributed by atoms with Crippen molar-refractivity contribution >= 4 is 21.4 Å². The Morgan fingerprint density at radius 2 is 1.78 bits per heavy atom. The lowest BCUT2D eigenvalue weighted by molar-refractivity contribution is 0.795. The number of aromatic nitrogens is 1. The van der Waals surface area contributed by atoms with Gasteiger partial charge in [0.2, 0.25) is 0 Å². The van der Waals surface area contributed by atoms with Crippen LogP contribution >= 0.6 is 11.3 Å². The van der Waals surface area contributed by atoms with Gasteiger partial charge in [-0.2, -0.15) is 0 Å². The third-order valence-corrected chi connectivity index (χ3v) is 4.27. The van der Waals surface area contributed by atoms with E-state index in [-0.39, 0.29) is 0 Å². The molecule has 0 unspecified atom stereocenters. The van der Waals surface area contributed by atoms with Crippen molar-refractivity contribution in [3.05, 3.63) is 58.7 Å². The van der Waals surface area contributed by atoms with E-state index >= 15 is 0 Å². The van der Waals surface area contributed by atoms with Crippen LogP contribution in [0.4, 0.5) is 0 Å². The Hall–Kier alpha value is -1.74. The molecule has 0 aliphatic heterocycles. The highest BCUT2D eigenvalue weighted by atomic mass is 32.1. The number of hydrogen-bond acceptors (Lipinski definition) is 2. The van der Waals surface area contributed by atoms with Crippen LogP contribution in [0.5, 0.6) is 0 Å². The molecule has 0 atom stereocenters. The van der Waals surface area contributed by atoms with Crippen LogP contribution in [0.25, 0.3) is 10.1 Å². The summed E-state index contributed by atoms with van der Waals surface area (Å²) in [6.45, 7) is 5.10. The number of thiophene rings is 1. The number of nitrogens with one attached hydrogen (secondary N) is 1. The molecule has 0 bridgehead atoms.